The minimum atomic E-state index is -3.15. The standard InChI is InChI=1S/C26H31FN4O3S/c1-3-30(18-9-5-4-6-10-18)26(32)21-15-23(20-11-7-8-12-22(20)27)28-25-24(21)17(2)29-31(25)19-13-14-35(33,34)16-19/h7-8,11-12,15,18-19H,3-6,9-10,13-14,16H2,1-2H3. The molecule has 35 heavy (non-hydrogen) atoms. The third-order valence-electron chi connectivity index (χ3n) is 7.39. The highest BCUT2D eigenvalue weighted by Crippen LogP contribution is 2.34. The molecule has 1 aliphatic heterocycles. The molecular formula is C26H31FN4O3S. The van der Waals surface area contributed by atoms with E-state index in [9.17, 15) is 17.6 Å². The summed E-state index contributed by atoms with van der Waals surface area (Å²) in [6.45, 7) is 4.39. The lowest BCUT2D eigenvalue weighted by Crippen LogP contribution is -2.41. The second kappa shape index (κ2) is 9.33. The van der Waals surface area contributed by atoms with Crippen LogP contribution in [0.25, 0.3) is 22.3 Å². The molecule has 3 aromatic rings. The monoisotopic (exact) mass is 498 g/mol. The quantitative estimate of drug-likeness (QED) is 0.509. The number of aromatic nitrogens is 3. The molecule has 1 aliphatic carbocycles. The molecule has 7 nitrogen and oxygen atoms in total. The van der Waals surface area contributed by atoms with Gasteiger partial charge in [0.15, 0.2) is 15.5 Å². The summed E-state index contributed by atoms with van der Waals surface area (Å²) in [5.74, 6) is -0.446. The first kappa shape index (κ1) is 23.9. The van der Waals surface area contributed by atoms with Gasteiger partial charge in [-0.1, -0.05) is 31.4 Å². The maximum atomic E-state index is 14.8. The number of amides is 1. The summed E-state index contributed by atoms with van der Waals surface area (Å²) in [5.41, 5.74) is 2.16. The number of hydrogen-bond acceptors (Lipinski definition) is 5. The van der Waals surface area contributed by atoms with Crippen molar-refractivity contribution in [1.82, 2.24) is 19.7 Å². The van der Waals surface area contributed by atoms with Crippen LogP contribution in [0.4, 0.5) is 4.39 Å². The third kappa shape index (κ3) is 4.46. The fourth-order valence-corrected chi connectivity index (χ4v) is 7.32. The van der Waals surface area contributed by atoms with Gasteiger partial charge in [0.1, 0.15) is 5.82 Å². The molecule has 1 unspecified atom stereocenters. The number of aryl methyl sites for hydroxylation is 1. The van der Waals surface area contributed by atoms with E-state index in [1.54, 1.807) is 28.9 Å². The molecule has 186 valence electrons. The second-order valence-corrected chi connectivity index (χ2v) is 11.9. The highest BCUT2D eigenvalue weighted by molar-refractivity contribution is 7.91. The summed E-state index contributed by atoms with van der Waals surface area (Å²) in [7, 11) is -3.15. The van der Waals surface area contributed by atoms with Gasteiger partial charge in [0.05, 0.1) is 39.9 Å². The van der Waals surface area contributed by atoms with Crippen LogP contribution in [0.5, 0.6) is 0 Å². The van der Waals surface area contributed by atoms with Gasteiger partial charge in [-0.05, 0) is 51.3 Å². The van der Waals surface area contributed by atoms with Crippen molar-refractivity contribution in [2.45, 2.75) is 64.5 Å². The molecule has 0 bridgehead atoms. The molecule has 2 aliphatic rings. The van der Waals surface area contributed by atoms with E-state index in [-0.39, 0.29) is 29.5 Å². The Bertz CT molecular complexity index is 1380. The van der Waals surface area contributed by atoms with Crippen molar-refractivity contribution in [1.29, 1.82) is 0 Å². The molecule has 1 saturated carbocycles. The van der Waals surface area contributed by atoms with Crippen molar-refractivity contribution in [3.8, 4) is 11.3 Å². The van der Waals surface area contributed by atoms with Crippen molar-refractivity contribution in [3.05, 3.63) is 47.4 Å². The number of hydrogen-bond donors (Lipinski definition) is 0. The number of nitrogens with zero attached hydrogens (tertiary/aromatic N) is 4. The molecule has 3 heterocycles. The predicted molar refractivity (Wildman–Crippen MR) is 134 cm³/mol. The molecule has 2 aromatic heterocycles. The Hall–Kier alpha value is -2.81. The Morgan fingerprint density at radius 3 is 2.57 bits per heavy atom. The minimum Gasteiger partial charge on any atom is -0.336 e. The number of benzene rings is 1. The van der Waals surface area contributed by atoms with Crippen LogP contribution < -0.4 is 0 Å². The number of sulfone groups is 1. The van der Waals surface area contributed by atoms with Crippen LogP contribution in [0.2, 0.25) is 0 Å². The molecule has 0 radical (unpaired) electrons. The fraction of sp³-hybridized carbons (Fsp3) is 0.500. The molecule has 1 amide bonds. The van der Waals surface area contributed by atoms with Crippen molar-refractivity contribution >= 4 is 26.8 Å². The summed E-state index contributed by atoms with van der Waals surface area (Å²) in [6, 6.07) is 7.86. The van der Waals surface area contributed by atoms with Crippen LogP contribution in [0.3, 0.4) is 0 Å². The topological polar surface area (TPSA) is 85.2 Å². The summed E-state index contributed by atoms with van der Waals surface area (Å²) < 4.78 is 40.8. The van der Waals surface area contributed by atoms with E-state index in [1.165, 1.54) is 12.5 Å². The van der Waals surface area contributed by atoms with E-state index in [4.69, 9.17) is 4.98 Å². The van der Waals surface area contributed by atoms with Crippen LogP contribution in [-0.4, -0.2) is 58.1 Å². The normalized spacial score (nSPS) is 20.4. The highest BCUT2D eigenvalue weighted by atomic mass is 32.2. The Balaban J connectivity index is 1.70. The first-order valence-electron chi connectivity index (χ1n) is 12.4. The molecule has 1 aromatic carbocycles. The number of carbonyl (C=O) groups is 1. The van der Waals surface area contributed by atoms with Gasteiger partial charge in [-0.3, -0.25) is 4.79 Å². The molecule has 0 spiro atoms. The average molecular weight is 499 g/mol. The maximum absolute atomic E-state index is 14.8. The van der Waals surface area contributed by atoms with E-state index in [0.29, 0.717) is 46.5 Å². The van der Waals surface area contributed by atoms with E-state index in [0.717, 1.165) is 25.7 Å². The molecule has 9 heteroatoms. The van der Waals surface area contributed by atoms with Gasteiger partial charge in [-0.15, -0.1) is 0 Å². The van der Waals surface area contributed by atoms with Gasteiger partial charge in [0.2, 0.25) is 0 Å². The molecular weight excluding hydrogens is 467 g/mol. The lowest BCUT2D eigenvalue weighted by Gasteiger charge is -2.34. The third-order valence-corrected chi connectivity index (χ3v) is 9.14. The lowest BCUT2D eigenvalue weighted by atomic mass is 9.93. The molecule has 0 N–H and O–H groups in total. The zero-order valence-electron chi connectivity index (χ0n) is 20.2. The Kier molecular flexibility index (Phi) is 6.38. The van der Waals surface area contributed by atoms with Gasteiger partial charge in [-0.2, -0.15) is 5.10 Å². The molecule has 2 fully saturated rings. The molecule has 5 rings (SSSR count). The van der Waals surface area contributed by atoms with Crippen LogP contribution in [-0.2, 0) is 9.84 Å². The van der Waals surface area contributed by atoms with Crippen LogP contribution in [0.1, 0.15) is 67.5 Å². The summed E-state index contributed by atoms with van der Waals surface area (Å²) in [6.07, 6.45) is 5.80. The van der Waals surface area contributed by atoms with Gasteiger partial charge >= 0.3 is 0 Å². The van der Waals surface area contributed by atoms with Crippen molar-refractivity contribution in [2.24, 2.45) is 0 Å². The average Bonchev–Trinajstić information content (AvgIpc) is 3.38. The SMILES string of the molecule is CCN(C(=O)c1cc(-c2ccccc2F)nc2c1c(C)nn2C1CCS(=O)(=O)C1)C1CCCCC1. The Morgan fingerprint density at radius 2 is 1.91 bits per heavy atom. The predicted octanol–water partition coefficient (Wildman–Crippen LogP) is 4.70. The van der Waals surface area contributed by atoms with E-state index in [2.05, 4.69) is 5.10 Å². The first-order chi connectivity index (χ1) is 16.8. The number of fused-ring (bicyclic) bond motifs is 1. The largest absolute Gasteiger partial charge is 0.336 e. The van der Waals surface area contributed by atoms with Crippen molar-refractivity contribution in [2.75, 3.05) is 18.1 Å². The summed E-state index contributed by atoms with van der Waals surface area (Å²) in [5, 5.41) is 5.28. The number of rotatable bonds is 5. The van der Waals surface area contributed by atoms with E-state index >= 15 is 0 Å². The molecule has 1 atom stereocenters. The second-order valence-electron chi connectivity index (χ2n) is 9.70. The first-order valence-corrected chi connectivity index (χ1v) is 14.3. The Morgan fingerprint density at radius 1 is 1.17 bits per heavy atom. The smallest absolute Gasteiger partial charge is 0.254 e. The Labute approximate surface area is 205 Å². The van der Waals surface area contributed by atoms with E-state index < -0.39 is 15.7 Å². The van der Waals surface area contributed by atoms with Gasteiger partial charge in [0.25, 0.3) is 5.91 Å². The van der Waals surface area contributed by atoms with Crippen LogP contribution in [0.15, 0.2) is 30.3 Å². The number of halogens is 1. The van der Waals surface area contributed by atoms with Gasteiger partial charge < -0.3 is 4.90 Å². The zero-order chi connectivity index (χ0) is 24.7. The zero-order valence-corrected chi connectivity index (χ0v) is 21.0. The minimum absolute atomic E-state index is 0.0126. The van der Waals surface area contributed by atoms with Gasteiger partial charge in [-0.25, -0.2) is 22.5 Å². The van der Waals surface area contributed by atoms with Crippen molar-refractivity contribution < 1.29 is 17.6 Å². The van der Waals surface area contributed by atoms with E-state index in [1.807, 2.05) is 18.7 Å². The highest BCUT2D eigenvalue weighted by Gasteiger charge is 2.34. The number of pyridine rings is 1. The van der Waals surface area contributed by atoms with Crippen LogP contribution >= 0.6 is 0 Å². The lowest BCUT2D eigenvalue weighted by molar-refractivity contribution is 0.0650. The summed E-state index contributed by atoms with van der Waals surface area (Å²) >= 11 is 0. The summed E-state index contributed by atoms with van der Waals surface area (Å²) in [4.78, 5) is 20.7. The van der Waals surface area contributed by atoms with Crippen LogP contribution in [0, 0.1) is 12.7 Å². The van der Waals surface area contributed by atoms with Crippen molar-refractivity contribution in [3.63, 3.8) is 0 Å². The van der Waals surface area contributed by atoms with Gasteiger partial charge in [0, 0.05) is 18.2 Å². The maximum Gasteiger partial charge on any atom is 0.254 e. The molecule has 1 saturated heterocycles. The fourth-order valence-electron chi connectivity index (χ4n) is 5.63. The number of carbonyl (C=O) groups excluding carboxylic acids is 1.